The quantitative estimate of drug-likeness (QED) is 0.832. The van der Waals surface area contributed by atoms with Crippen molar-refractivity contribution >= 4 is 6.08 Å². The van der Waals surface area contributed by atoms with Crippen molar-refractivity contribution in [3.8, 4) is 11.8 Å². The molecular formula is C19H18O. The van der Waals surface area contributed by atoms with Crippen molar-refractivity contribution in [2.75, 3.05) is 0 Å². The molecule has 0 fully saturated rings. The lowest BCUT2D eigenvalue weighted by molar-refractivity contribution is 0.233. The maximum Gasteiger partial charge on any atom is 0.118 e. The Bertz CT molecular complexity index is 615. The van der Waals surface area contributed by atoms with E-state index in [4.69, 9.17) is 0 Å². The number of aliphatic hydroxyl groups excluding tert-OH is 1. The molecule has 0 bridgehead atoms. The zero-order valence-electron chi connectivity index (χ0n) is 11.6. The van der Waals surface area contributed by atoms with Crippen LogP contribution in [0.1, 0.15) is 24.5 Å². The van der Waals surface area contributed by atoms with Gasteiger partial charge in [0.05, 0.1) is 0 Å². The van der Waals surface area contributed by atoms with Crippen molar-refractivity contribution in [1.29, 1.82) is 0 Å². The van der Waals surface area contributed by atoms with Gasteiger partial charge in [0.1, 0.15) is 6.10 Å². The SMILES string of the molecule is C/C(=C\c1ccccc1)C[C@H](O)C#Cc1ccccc1. The van der Waals surface area contributed by atoms with Crippen LogP contribution in [-0.4, -0.2) is 11.2 Å². The molecule has 0 aromatic heterocycles. The summed E-state index contributed by atoms with van der Waals surface area (Å²) in [5.41, 5.74) is 3.19. The number of hydrogen-bond donors (Lipinski definition) is 1. The summed E-state index contributed by atoms with van der Waals surface area (Å²) in [6.07, 6.45) is 2.01. The molecule has 2 aromatic rings. The average molecular weight is 262 g/mol. The maximum absolute atomic E-state index is 9.94. The van der Waals surface area contributed by atoms with E-state index in [2.05, 4.69) is 17.9 Å². The Balaban J connectivity index is 1.97. The van der Waals surface area contributed by atoms with E-state index in [1.165, 1.54) is 0 Å². The molecule has 0 saturated carbocycles. The third-order valence-corrected chi connectivity index (χ3v) is 2.88. The van der Waals surface area contributed by atoms with E-state index in [1.54, 1.807) is 0 Å². The van der Waals surface area contributed by atoms with Crippen LogP contribution in [0.3, 0.4) is 0 Å². The summed E-state index contributed by atoms with van der Waals surface area (Å²) in [7, 11) is 0. The highest BCUT2D eigenvalue weighted by Crippen LogP contribution is 2.11. The lowest BCUT2D eigenvalue weighted by Crippen LogP contribution is -2.03. The van der Waals surface area contributed by atoms with Gasteiger partial charge in [0.25, 0.3) is 0 Å². The molecular weight excluding hydrogens is 244 g/mol. The topological polar surface area (TPSA) is 20.2 Å². The summed E-state index contributed by atoms with van der Waals surface area (Å²) < 4.78 is 0. The molecule has 2 rings (SSSR count). The number of benzene rings is 2. The standard InChI is InChI=1S/C19H18O/c1-16(14-18-10-6-3-7-11-18)15-19(20)13-12-17-8-4-2-5-9-17/h2-11,14,19-20H,15H2,1H3/b16-14+/t19-/m1/s1. The zero-order chi connectivity index (χ0) is 14.2. The minimum atomic E-state index is -0.629. The van der Waals surface area contributed by atoms with Crippen LogP contribution in [-0.2, 0) is 0 Å². The molecule has 0 heterocycles. The second-order valence-electron chi connectivity index (χ2n) is 4.76. The fourth-order valence-corrected chi connectivity index (χ4v) is 1.94. The first-order chi connectivity index (χ1) is 9.74. The molecule has 0 unspecified atom stereocenters. The summed E-state index contributed by atoms with van der Waals surface area (Å²) >= 11 is 0. The minimum Gasteiger partial charge on any atom is -0.380 e. The van der Waals surface area contributed by atoms with Crippen LogP contribution in [0.5, 0.6) is 0 Å². The van der Waals surface area contributed by atoms with Crippen LogP contribution in [0, 0.1) is 11.8 Å². The molecule has 0 spiro atoms. The molecule has 1 atom stereocenters. The van der Waals surface area contributed by atoms with Gasteiger partial charge >= 0.3 is 0 Å². The van der Waals surface area contributed by atoms with Crippen molar-refractivity contribution in [3.63, 3.8) is 0 Å². The normalized spacial score (nSPS) is 12.4. The van der Waals surface area contributed by atoms with Gasteiger partial charge in [-0.2, -0.15) is 0 Å². The Labute approximate surface area is 120 Å². The molecule has 20 heavy (non-hydrogen) atoms. The molecule has 1 N–H and O–H groups in total. The van der Waals surface area contributed by atoms with Crippen LogP contribution in [0.4, 0.5) is 0 Å². The Morgan fingerprint density at radius 1 is 1.05 bits per heavy atom. The van der Waals surface area contributed by atoms with Gasteiger partial charge in [0, 0.05) is 12.0 Å². The van der Waals surface area contributed by atoms with Crippen molar-refractivity contribution < 1.29 is 5.11 Å². The van der Waals surface area contributed by atoms with Gasteiger partial charge in [-0.1, -0.05) is 72.0 Å². The maximum atomic E-state index is 9.94. The highest BCUT2D eigenvalue weighted by atomic mass is 16.3. The first kappa shape index (κ1) is 14.1. The predicted molar refractivity (Wildman–Crippen MR) is 84.0 cm³/mol. The predicted octanol–water partition coefficient (Wildman–Crippen LogP) is 3.89. The Morgan fingerprint density at radius 3 is 2.30 bits per heavy atom. The molecule has 2 aromatic carbocycles. The molecule has 100 valence electrons. The van der Waals surface area contributed by atoms with Crippen LogP contribution in [0.25, 0.3) is 6.08 Å². The molecule has 0 saturated heterocycles. The van der Waals surface area contributed by atoms with Gasteiger partial charge in [-0.3, -0.25) is 0 Å². The Hall–Kier alpha value is -2.30. The molecule has 1 nitrogen and oxygen atoms in total. The summed E-state index contributed by atoms with van der Waals surface area (Å²) in [4.78, 5) is 0. The first-order valence-corrected chi connectivity index (χ1v) is 6.71. The second kappa shape index (κ2) is 7.33. The van der Waals surface area contributed by atoms with Crippen molar-refractivity contribution in [2.45, 2.75) is 19.4 Å². The largest absolute Gasteiger partial charge is 0.380 e. The molecule has 0 radical (unpaired) electrons. The Kier molecular flexibility index (Phi) is 5.17. The van der Waals surface area contributed by atoms with Crippen LogP contribution in [0.15, 0.2) is 66.2 Å². The van der Waals surface area contributed by atoms with E-state index in [-0.39, 0.29) is 0 Å². The highest BCUT2D eigenvalue weighted by molar-refractivity contribution is 5.52. The van der Waals surface area contributed by atoms with Gasteiger partial charge in [-0.15, -0.1) is 0 Å². The lowest BCUT2D eigenvalue weighted by Gasteiger charge is -2.04. The summed E-state index contributed by atoms with van der Waals surface area (Å²) in [6, 6.07) is 19.8. The fraction of sp³-hybridized carbons (Fsp3) is 0.158. The van der Waals surface area contributed by atoms with Crippen molar-refractivity contribution in [3.05, 3.63) is 77.4 Å². The van der Waals surface area contributed by atoms with E-state index in [0.717, 1.165) is 16.7 Å². The van der Waals surface area contributed by atoms with Gasteiger partial charge in [0.2, 0.25) is 0 Å². The molecule has 0 amide bonds. The number of rotatable bonds is 3. The van der Waals surface area contributed by atoms with E-state index in [9.17, 15) is 5.11 Å². The Morgan fingerprint density at radius 2 is 1.65 bits per heavy atom. The van der Waals surface area contributed by atoms with E-state index in [0.29, 0.717) is 6.42 Å². The van der Waals surface area contributed by atoms with Gasteiger partial charge in [-0.25, -0.2) is 0 Å². The smallest absolute Gasteiger partial charge is 0.118 e. The molecule has 0 aliphatic heterocycles. The summed E-state index contributed by atoms with van der Waals surface area (Å²) in [5.74, 6) is 5.87. The van der Waals surface area contributed by atoms with Crippen LogP contribution in [0.2, 0.25) is 0 Å². The molecule has 0 aliphatic rings. The van der Waals surface area contributed by atoms with Gasteiger partial charge in [-0.05, 0) is 24.6 Å². The van der Waals surface area contributed by atoms with Crippen molar-refractivity contribution in [2.24, 2.45) is 0 Å². The highest BCUT2D eigenvalue weighted by Gasteiger charge is 2.00. The molecule has 1 heteroatoms. The summed E-state index contributed by atoms with van der Waals surface area (Å²) in [6.45, 7) is 2.01. The van der Waals surface area contributed by atoms with Gasteiger partial charge < -0.3 is 5.11 Å². The van der Waals surface area contributed by atoms with Crippen LogP contribution >= 0.6 is 0 Å². The first-order valence-electron chi connectivity index (χ1n) is 6.71. The van der Waals surface area contributed by atoms with Gasteiger partial charge in [0.15, 0.2) is 0 Å². The summed E-state index contributed by atoms with van der Waals surface area (Å²) in [5, 5.41) is 9.94. The monoisotopic (exact) mass is 262 g/mol. The van der Waals surface area contributed by atoms with Crippen molar-refractivity contribution in [1.82, 2.24) is 0 Å². The lowest BCUT2D eigenvalue weighted by atomic mass is 10.1. The second-order valence-corrected chi connectivity index (χ2v) is 4.76. The third-order valence-electron chi connectivity index (χ3n) is 2.88. The minimum absolute atomic E-state index is 0.564. The van der Waals surface area contributed by atoms with E-state index < -0.39 is 6.10 Å². The zero-order valence-corrected chi connectivity index (χ0v) is 11.6. The number of aliphatic hydroxyl groups is 1. The third kappa shape index (κ3) is 4.76. The molecule has 0 aliphatic carbocycles. The van der Waals surface area contributed by atoms with E-state index >= 15 is 0 Å². The van der Waals surface area contributed by atoms with E-state index in [1.807, 2.05) is 67.6 Å². The number of hydrogen-bond acceptors (Lipinski definition) is 1. The average Bonchev–Trinajstić information content (AvgIpc) is 2.47. The van der Waals surface area contributed by atoms with Crippen LogP contribution < -0.4 is 0 Å². The fourth-order valence-electron chi connectivity index (χ4n) is 1.94.